The number of halogens is 1. The maximum Gasteiger partial charge on any atom is 0.236 e. The molecule has 0 radical (unpaired) electrons. The van der Waals surface area contributed by atoms with E-state index in [1.54, 1.807) is 0 Å². The third-order valence-electron chi connectivity index (χ3n) is 5.25. The van der Waals surface area contributed by atoms with Gasteiger partial charge in [-0.05, 0) is 56.2 Å². The summed E-state index contributed by atoms with van der Waals surface area (Å²) >= 11 is 6.15. The summed E-state index contributed by atoms with van der Waals surface area (Å²) in [6, 6.07) is 13.9. The van der Waals surface area contributed by atoms with Crippen molar-refractivity contribution in [1.29, 1.82) is 0 Å². The first-order chi connectivity index (χ1) is 16.3. The number of hydrogen-bond acceptors (Lipinski definition) is 7. The lowest BCUT2D eigenvalue weighted by Crippen LogP contribution is -2.14. The van der Waals surface area contributed by atoms with E-state index in [9.17, 15) is 4.79 Å². The molecular weight excluding hydrogens is 534 g/mol. The van der Waals surface area contributed by atoms with Crippen molar-refractivity contribution in [2.75, 3.05) is 11.1 Å². The zero-order valence-corrected chi connectivity index (χ0v) is 22.4. The van der Waals surface area contributed by atoms with Crippen LogP contribution in [0.25, 0.3) is 11.3 Å². The van der Waals surface area contributed by atoms with Gasteiger partial charge in [-0.1, -0.05) is 45.9 Å². The standard InChI is InChI=1S/C24H24BrN5O2S2/c1-14-5-10-19(11-15(14)2)32-16(3)22-28-29-24(30(22)4)34-13-21(31)27-23-26-20(12-33-23)17-6-8-18(25)9-7-17/h5-12,16H,13H2,1-4H3,(H,26,27,31). The van der Waals surface area contributed by atoms with Gasteiger partial charge >= 0.3 is 0 Å². The SMILES string of the molecule is Cc1ccc(OC(C)c2nnc(SCC(=O)Nc3nc(-c4ccc(Br)cc4)cs3)n2C)cc1C. The van der Waals surface area contributed by atoms with Crippen LogP contribution in [0.2, 0.25) is 0 Å². The van der Waals surface area contributed by atoms with Crippen LogP contribution in [0.15, 0.2) is 57.5 Å². The van der Waals surface area contributed by atoms with Crippen molar-refractivity contribution in [3.63, 3.8) is 0 Å². The molecule has 0 saturated carbocycles. The van der Waals surface area contributed by atoms with Crippen LogP contribution in [0.3, 0.4) is 0 Å². The van der Waals surface area contributed by atoms with Gasteiger partial charge in [-0.25, -0.2) is 4.98 Å². The minimum Gasteiger partial charge on any atom is -0.483 e. The van der Waals surface area contributed by atoms with Crippen molar-refractivity contribution in [2.24, 2.45) is 7.05 Å². The molecule has 34 heavy (non-hydrogen) atoms. The predicted molar refractivity (Wildman–Crippen MR) is 141 cm³/mol. The lowest BCUT2D eigenvalue weighted by molar-refractivity contribution is -0.113. The van der Waals surface area contributed by atoms with Gasteiger partial charge in [-0.15, -0.1) is 21.5 Å². The summed E-state index contributed by atoms with van der Waals surface area (Å²) in [5.74, 6) is 1.54. The van der Waals surface area contributed by atoms with Crippen LogP contribution < -0.4 is 10.1 Å². The molecule has 7 nitrogen and oxygen atoms in total. The number of rotatable bonds is 8. The maximum atomic E-state index is 12.5. The highest BCUT2D eigenvalue weighted by atomic mass is 79.9. The monoisotopic (exact) mass is 557 g/mol. The molecule has 4 rings (SSSR count). The number of aryl methyl sites for hydroxylation is 2. The lowest BCUT2D eigenvalue weighted by Gasteiger charge is -2.15. The molecule has 1 unspecified atom stereocenters. The molecule has 4 aromatic rings. The van der Waals surface area contributed by atoms with Gasteiger partial charge in [0.15, 0.2) is 22.2 Å². The van der Waals surface area contributed by atoms with Crippen LogP contribution >= 0.6 is 39.0 Å². The second-order valence-electron chi connectivity index (χ2n) is 7.79. The summed E-state index contributed by atoms with van der Waals surface area (Å²) in [5.41, 5.74) is 4.22. The van der Waals surface area contributed by atoms with Crippen LogP contribution in [0.4, 0.5) is 5.13 Å². The Balaban J connectivity index is 1.33. The highest BCUT2D eigenvalue weighted by molar-refractivity contribution is 9.10. The van der Waals surface area contributed by atoms with Crippen LogP contribution in [0, 0.1) is 13.8 Å². The van der Waals surface area contributed by atoms with Gasteiger partial charge in [-0.2, -0.15) is 0 Å². The van der Waals surface area contributed by atoms with E-state index in [0.29, 0.717) is 16.1 Å². The molecule has 0 fully saturated rings. The molecule has 1 atom stereocenters. The molecular formula is C24H24BrN5O2S2. The third-order valence-corrected chi connectivity index (χ3v) is 7.55. The number of nitrogens with one attached hydrogen (secondary N) is 1. The Hall–Kier alpha value is -2.69. The van der Waals surface area contributed by atoms with E-state index in [1.165, 1.54) is 34.2 Å². The third kappa shape index (κ3) is 5.86. The van der Waals surface area contributed by atoms with E-state index < -0.39 is 0 Å². The second kappa shape index (κ2) is 10.7. The highest BCUT2D eigenvalue weighted by Crippen LogP contribution is 2.27. The molecule has 2 aromatic carbocycles. The summed E-state index contributed by atoms with van der Waals surface area (Å²) in [6.45, 7) is 6.06. The minimum absolute atomic E-state index is 0.148. The number of ether oxygens (including phenoxy) is 1. The Morgan fingerprint density at radius 3 is 2.68 bits per heavy atom. The number of benzene rings is 2. The predicted octanol–water partition coefficient (Wildman–Crippen LogP) is 6.19. The molecule has 10 heteroatoms. The molecule has 0 aliphatic rings. The molecule has 0 saturated heterocycles. The fraction of sp³-hybridized carbons (Fsp3) is 0.250. The summed E-state index contributed by atoms with van der Waals surface area (Å²) in [6.07, 6.45) is -0.282. The Labute approximate surface area is 215 Å². The van der Waals surface area contributed by atoms with Crippen molar-refractivity contribution >= 4 is 50.1 Å². The van der Waals surface area contributed by atoms with Gasteiger partial charge in [0.25, 0.3) is 0 Å². The van der Waals surface area contributed by atoms with E-state index in [2.05, 4.69) is 50.3 Å². The molecule has 2 aromatic heterocycles. The summed E-state index contributed by atoms with van der Waals surface area (Å²) in [7, 11) is 1.88. The molecule has 0 spiro atoms. The number of hydrogen-bond donors (Lipinski definition) is 1. The highest BCUT2D eigenvalue weighted by Gasteiger charge is 2.18. The van der Waals surface area contributed by atoms with Crippen molar-refractivity contribution in [3.8, 4) is 17.0 Å². The minimum atomic E-state index is -0.282. The number of anilines is 1. The molecule has 1 N–H and O–H groups in total. The summed E-state index contributed by atoms with van der Waals surface area (Å²) < 4.78 is 8.93. The maximum absolute atomic E-state index is 12.5. The fourth-order valence-corrected chi connectivity index (χ4v) is 4.94. The number of thioether (sulfide) groups is 1. The Morgan fingerprint density at radius 1 is 1.18 bits per heavy atom. The smallest absolute Gasteiger partial charge is 0.236 e. The fourth-order valence-electron chi connectivity index (χ4n) is 3.22. The number of carbonyl (C=O) groups excluding carboxylic acids is 1. The molecule has 2 heterocycles. The first-order valence-electron chi connectivity index (χ1n) is 10.6. The van der Waals surface area contributed by atoms with Crippen LogP contribution in [0.5, 0.6) is 5.75 Å². The molecule has 0 aliphatic carbocycles. The Bertz CT molecular complexity index is 1300. The zero-order valence-electron chi connectivity index (χ0n) is 19.2. The van der Waals surface area contributed by atoms with Crippen LogP contribution in [-0.4, -0.2) is 31.4 Å². The van der Waals surface area contributed by atoms with E-state index >= 15 is 0 Å². The quantitative estimate of drug-likeness (QED) is 0.260. The number of nitrogens with zero attached hydrogens (tertiary/aromatic N) is 4. The summed E-state index contributed by atoms with van der Waals surface area (Å²) in [5, 5.41) is 14.5. The Kier molecular flexibility index (Phi) is 7.70. The number of aromatic nitrogens is 4. The molecule has 1 amide bonds. The number of amides is 1. The second-order valence-corrected chi connectivity index (χ2v) is 10.5. The van der Waals surface area contributed by atoms with E-state index in [0.717, 1.165) is 21.5 Å². The van der Waals surface area contributed by atoms with Crippen LogP contribution in [-0.2, 0) is 11.8 Å². The molecule has 0 aliphatic heterocycles. The number of carbonyl (C=O) groups is 1. The van der Waals surface area contributed by atoms with Crippen LogP contribution in [0.1, 0.15) is 30.0 Å². The van der Waals surface area contributed by atoms with E-state index in [1.807, 2.05) is 66.4 Å². The van der Waals surface area contributed by atoms with E-state index in [4.69, 9.17) is 4.74 Å². The van der Waals surface area contributed by atoms with Gasteiger partial charge in [0, 0.05) is 22.5 Å². The van der Waals surface area contributed by atoms with Gasteiger partial charge < -0.3 is 14.6 Å². The average molecular weight is 559 g/mol. The number of thiazole rings is 1. The zero-order chi connectivity index (χ0) is 24.2. The van der Waals surface area contributed by atoms with Gasteiger partial charge in [0.1, 0.15) is 5.75 Å². The van der Waals surface area contributed by atoms with Crippen molar-refractivity contribution < 1.29 is 9.53 Å². The largest absolute Gasteiger partial charge is 0.483 e. The van der Waals surface area contributed by atoms with Crippen molar-refractivity contribution in [1.82, 2.24) is 19.7 Å². The first kappa shape index (κ1) is 24.4. The van der Waals surface area contributed by atoms with Gasteiger partial charge in [-0.3, -0.25) is 4.79 Å². The summed E-state index contributed by atoms with van der Waals surface area (Å²) in [4.78, 5) is 17.0. The van der Waals surface area contributed by atoms with Gasteiger partial charge in [0.05, 0.1) is 11.4 Å². The Morgan fingerprint density at radius 2 is 1.94 bits per heavy atom. The van der Waals surface area contributed by atoms with E-state index in [-0.39, 0.29) is 17.8 Å². The molecule has 176 valence electrons. The van der Waals surface area contributed by atoms with Crippen molar-refractivity contribution in [3.05, 3.63) is 69.3 Å². The van der Waals surface area contributed by atoms with Crippen molar-refractivity contribution in [2.45, 2.75) is 32.0 Å². The average Bonchev–Trinajstić information content (AvgIpc) is 3.42. The molecule has 0 bridgehead atoms. The first-order valence-corrected chi connectivity index (χ1v) is 13.2. The van der Waals surface area contributed by atoms with Gasteiger partial charge in [0.2, 0.25) is 5.91 Å². The topological polar surface area (TPSA) is 81.9 Å². The normalized spacial score (nSPS) is 11.9. The lowest BCUT2D eigenvalue weighted by atomic mass is 10.1.